The summed E-state index contributed by atoms with van der Waals surface area (Å²) in [6.07, 6.45) is 9.12. The van der Waals surface area contributed by atoms with Crippen molar-refractivity contribution in [2.75, 3.05) is 11.9 Å². The molecule has 1 N–H and O–H groups in total. The molecule has 0 radical (unpaired) electrons. The van der Waals surface area contributed by atoms with Crippen molar-refractivity contribution in [2.45, 2.75) is 50.7 Å². The standard InChI is InChI=1S/C21H25N5O3/c1-13(2)29-16-8-19-22-17(21-6-4-14(9-21)28-12-21)11-26(19)10-15(16)20(27)23-18-5-7-25(3)24-18/h5,7-8,10-11,13-14H,4,6,9,12H2,1-3H3,(H,23,24,27)/t14-,21-/m1/s1. The van der Waals surface area contributed by atoms with Crippen molar-refractivity contribution >= 4 is 17.4 Å². The Bertz CT molecular complexity index is 1080. The van der Waals surface area contributed by atoms with Crippen LogP contribution in [-0.4, -0.2) is 43.9 Å². The summed E-state index contributed by atoms with van der Waals surface area (Å²) in [7, 11) is 1.81. The third-order valence-electron chi connectivity index (χ3n) is 5.82. The van der Waals surface area contributed by atoms with E-state index >= 15 is 0 Å². The molecule has 1 saturated heterocycles. The summed E-state index contributed by atoms with van der Waals surface area (Å²) in [6, 6.07) is 3.60. The Hall–Kier alpha value is -2.87. The SMILES string of the molecule is CC(C)Oc1cc2nc([C@]34CC[C@H](C3)OC4)cn2cc1C(=O)Nc1ccn(C)n1. The van der Waals surface area contributed by atoms with Crippen molar-refractivity contribution < 1.29 is 14.3 Å². The second-order valence-corrected chi connectivity index (χ2v) is 8.39. The first-order valence-electron chi connectivity index (χ1n) is 10.0. The van der Waals surface area contributed by atoms with Crippen molar-refractivity contribution in [1.82, 2.24) is 19.2 Å². The Labute approximate surface area is 168 Å². The van der Waals surface area contributed by atoms with Gasteiger partial charge >= 0.3 is 0 Å². The van der Waals surface area contributed by atoms with E-state index in [2.05, 4.69) is 10.4 Å². The number of hydrogen-bond acceptors (Lipinski definition) is 5. The lowest BCUT2D eigenvalue weighted by atomic mass is 9.85. The van der Waals surface area contributed by atoms with Crippen LogP contribution in [0.2, 0.25) is 0 Å². The quantitative estimate of drug-likeness (QED) is 0.718. The first-order chi connectivity index (χ1) is 13.9. The lowest BCUT2D eigenvalue weighted by Crippen LogP contribution is -2.25. The third kappa shape index (κ3) is 3.17. The molecule has 1 saturated carbocycles. The fourth-order valence-corrected chi connectivity index (χ4v) is 4.39. The van der Waals surface area contributed by atoms with E-state index in [1.807, 2.05) is 37.6 Å². The minimum atomic E-state index is -0.264. The van der Waals surface area contributed by atoms with Gasteiger partial charge in [-0.1, -0.05) is 0 Å². The second-order valence-electron chi connectivity index (χ2n) is 8.39. The highest BCUT2D eigenvalue weighted by atomic mass is 16.5. The fourth-order valence-electron chi connectivity index (χ4n) is 4.39. The van der Waals surface area contributed by atoms with E-state index < -0.39 is 0 Å². The van der Waals surface area contributed by atoms with Crippen molar-refractivity contribution in [3.8, 4) is 5.75 Å². The van der Waals surface area contributed by atoms with Crippen LogP contribution in [0, 0.1) is 0 Å². The van der Waals surface area contributed by atoms with E-state index in [1.165, 1.54) is 0 Å². The Morgan fingerprint density at radius 2 is 2.28 bits per heavy atom. The molecule has 0 aromatic carbocycles. The minimum absolute atomic E-state index is 0.00609. The number of imidazole rings is 1. The molecular formula is C21H25N5O3. The highest BCUT2D eigenvalue weighted by Gasteiger charge is 2.48. The van der Waals surface area contributed by atoms with Gasteiger partial charge < -0.3 is 19.2 Å². The average molecular weight is 395 g/mol. The predicted molar refractivity (Wildman–Crippen MR) is 107 cm³/mol. The topological polar surface area (TPSA) is 82.7 Å². The first kappa shape index (κ1) is 18.2. The number of carbonyl (C=O) groups excluding carboxylic acids is 1. The predicted octanol–water partition coefficient (Wildman–Crippen LogP) is 2.93. The molecular weight excluding hydrogens is 370 g/mol. The van der Waals surface area contributed by atoms with E-state index in [4.69, 9.17) is 14.5 Å². The molecule has 2 fully saturated rings. The third-order valence-corrected chi connectivity index (χ3v) is 5.82. The molecule has 2 aliphatic rings. The second kappa shape index (κ2) is 6.59. The summed E-state index contributed by atoms with van der Waals surface area (Å²) in [4.78, 5) is 17.8. The number of pyridine rings is 1. The molecule has 4 heterocycles. The van der Waals surface area contributed by atoms with Crippen LogP contribution in [-0.2, 0) is 17.2 Å². The van der Waals surface area contributed by atoms with Crippen molar-refractivity contribution in [2.24, 2.45) is 7.05 Å². The number of fused-ring (bicyclic) bond motifs is 3. The summed E-state index contributed by atoms with van der Waals surface area (Å²) in [5, 5.41) is 7.06. The van der Waals surface area contributed by atoms with Crippen LogP contribution in [0.5, 0.6) is 5.75 Å². The van der Waals surface area contributed by atoms with E-state index in [9.17, 15) is 4.79 Å². The lowest BCUT2D eigenvalue weighted by Gasteiger charge is -2.22. The highest BCUT2D eigenvalue weighted by Crippen LogP contribution is 2.47. The summed E-state index contributed by atoms with van der Waals surface area (Å²) < 4.78 is 15.4. The monoisotopic (exact) mass is 395 g/mol. The molecule has 2 bridgehead atoms. The van der Waals surface area contributed by atoms with Crippen LogP contribution in [0.15, 0.2) is 30.7 Å². The van der Waals surface area contributed by atoms with E-state index in [0.717, 1.165) is 37.2 Å². The molecule has 0 spiro atoms. The maximum atomic E-state index is 13.0. The van der Waals surface area contributed by atoms with Gasteiger partial charge in [-0.15, -0.1) is 0 Å². The molecule has 152 valence electrons. The number of rotatable bonds is 5. The smallest absolute Gasteiger partial charge is 0.262 e. The summed E-state index contributed by atoms with van der Waals surface area (Å²) >= 11 is 0. The normalized spacial score (nSPS) is 23.2. The maximum Gasteiger partial charge on any atom is 0.262 e. The Kier molecular flexibility index (Phi) is 4.13. The summed E-state index contributed by atoms with van der Waals surface area (Å²) in [5.74, 6) is 0.751. The highest BCUT2D eigenvalue weighted by molar-refractivity contribution is 6.05. The molecule has 8 heteroatoms. The van der Waals surface area contributed by atoms with Gasteiger partial charge in [0.25, 0.3) is 5.91 Å². The molecule has 3 aromatic rings. The zero-order valence-corrected chi connectivity index (χ0v) is 16.9. The van der Waals surface area contributed by atoms with E-state index in [-0.39, 0.29) is 17.4 Å². The van der Waals surface area contributed by atoms with E-state index in [0.29, 0.717) is 23.2 Å². The van der Waals surface area contributed by atoms with Gasteiger partial charge in [-0.25, -0.2) is 4.98 Å². The minimum Gasteiger partial charge on any atom is -0.490 e. The number of anilines is 1. The molecule has 0 unspecified atom stereocenters. The number of hydrogen-bond donors (Lipinski definition) is 1. The van der Waals surface area contributed by atoms with Gasteiger partial charge in [-0.3, -0.25) is 9.48 Å². The molecule has 2 atom stereocenters. The van der Waals surface area contributed by atoms with Gasteiger partial charge in [0.2, 0.25) is 0 Å². The van der Waals surface area contributed by atoms with Crippen LogP contribution < -0.4 is 10.1 Å². The molecule has 5 rings (SSSR count). The number of nitrogens with zero attached hydrogens (tertiary/aromatic N) is 4. The van der Waals surface area contributed by atoms with Gasteiger partial charge in [-0.05, 0) is 33.1 Å². The van der Waals surface area contributed by atoms with Crippen LogP contribution in [0.4, 0.5) is 5.82 Å². The zero-order valence-electron chi connectivity index (χ0n) is 16.9. The Morgan fingerprint density at radius 1 is 1.41 bits per heavy atom. The molecule has 1 amide bonds. The van der Waals surface area contributed by atoms with Crippen molar-refractivity contribution in [3.05, 3.63) is 42.0 Å². The first-order valence-corrected chi connectivity index (χ1v) is 10.0. The largest absolute Gasteiger partial charge is 0.490 e. The molecule has 3 aromatic heterocycles. The van der Waals surface area contributed by atoms with Gasteiger partial charge in [-0.2, -0.15) is 5.10 Å². The van der Waals surface area contributed by atoms with Gasteiger partial charge in [0.05, 0.1) is 30.1 Å². The molecule has 8 nitrogen and oxygen atoms in total. The molecule has 29 heavy (non-hydrogen) atoms. The number of aryl methyl sites for hydroxylation is 1. The summed E-state index contributed by atoms with van der Waals surface area (Å²) in [6.45, 7) is 4.61. The zero-order chi connectivity index (χ0) is 20.2. The van der Waals surface area contributed by atoms with Crippen LogP contribution in [0.1, 0.15) is 49.2 Å². The van der Waals surface area contributed by atoms with Gasteiger partial charge in [0.15, 0.2) is 5.82 Å². The number of aromatic nitrogens is 4. The Balaban J connectivity index is 1.53. The number of amides is 1. The van der Waals surface area contributed by atoms with Crippen LogP contribution in [0.25, 0.3) is 5.65 Å². The lowest BCUT2D eigenvalue weighted by molar-refractivity contribution is 0.0692. The van der Waals surface area contributed by atoms with Crippen LogP contribution in [0.3, 0.4) is 0 Å². The Morgan fingerprint density at radius 3 is 2.90 bits per heavy atom. The molecule has 1 aliphatic carbocycles. The van der Waals surface area contributed by atoms with E-state index in [1.54, 1.807) is 23.1 Å². The number of ether oxygens (including phenoxy) is 2. The van der Waals surface area contributed by atoms with Crippen molar-refractivity contribution in [1.29, 1.82) is 0 Å². The fraction of sp³-hybridized carbons (Fsp3) is 0.476. The maximum absolute atomic E-state index is 13.0. The molecule has 1 aliphatic heterocycles. The van der Waals surface area contributed by atoms with Crippen LogP contribution >= 0.6 is 0 Å². The van der Waals surface area contributed by atoms with Gasteiger partial charge in [0.1, 0.15) is 11.4 Å². The summed E-state index contributed by atoms with van der Waals surface area (Å²) in [5.41, 5.74) is 2.27. The number of nitrogens with one attached hydrogen (secondary N) is 1. The van der Waals surface area contributed by atoms with Crippen molar-refractivity contribution in [3.63, 3.8) is 0 Å². The van der Waals surface area contributed by atoms with Gasteiger partial charge in [0, 0.05) is 43.2 Å². The average Bonchev–Trinajstić information content (AvgIpc) is 3.44. The number of carbonyl (C=O) groups is 1.